The number of hydrogen-bond donors (Lipinski definition) is 24. The highest BCUT2D eigenvalue weighted by atomic mass is 16.7. The molecule has 12 rings (SSSR count). The highest BCUT2D eigenvalue weighted by molar-refractivity contribution is 5.41. The third-order valence-corrected chi connectivity index (χ3v) is 20.0. The first-order valence-electron chi connectivity index (χ1n) is 30.0. The Labute approximate surface area is 556 Å². The smallest absolute Gasteiger partial charge is 0.330 e. The van der Waals surface area contributed by atoms with Gasteiger partial charge >= 0.3 is 34.1 Å². The molecule has 0 unspecified atom stereocenters. The van der Waals surface area contributed by atoms with Gasteiger partial charge in [-0.2, -0.15) is 0 Å². The van der Waals surface area contributed by atoms with E-state index in [0.717, 1.165) is 0 Å². The molecule has 48 nitrogen and oxygen atoms in total. The maximum Gasteiger partial charge on any atom is 0.330 e. The highest BCUT2D eigenvalue weighted by Crippen LogP contribution is 2.74. The molecule has 6 aliphatic rings. The average molecular weight is 1460 g/mol. The van der Waals surface area contributed by atoms with Gasteiger partial charge in [-0.25, -0.2) is 28.8 Å². The van der Waals surface area contributed by atoms with E-state index in [-0.39, 0.29) is 75.1 Å². The molecule has 6 fully saturated rings. The van der Waals surface area contributed by atoms with Crippen LogP contribution in [-0.4, -0.2) is 297 Å². The third-order valence-electron chi connectivity index (χ3n) is 20.0. The predicted octanol–water partition coefficient (Wildman–Crippen LogP) is -19.6. The van der Waals surface area contributed by atoms with Crippen molar-refractivity contribution in [1.82, 2.24) is 57.3 Å². The summed E-state index contributed by atoms with van der Waals surface area (Å²) in [7, 11) is 0. The number of nitrogens with zero attached hydrogens (tertiary/aromatic N) is 6. The largest absolute Gasteiger partial charge is 0.394 e. The van der Waals surface area contributed by atoms with Crippen LogP contribution in [0.5, 0.6) is 0 Å². The van der Waals surface area contributed by atoms with Gasteiger partial charge in [-0.05, 0) is 0 Å². The number of nitrogens with one attached hydrogen (secondary N) is 6. The first-order valence-corrected chi connectivity index (χ1v) is 30.0. The first-order chi connectivity index (χ1) is 48.0. The Morgan fingerprint density at radius 2 is 0.480 bits per heavy atom. The molecule has 12 heterocycles. The second kappa shape index (κ2) is 24.4. The fourth-order valence-corrected chi connectivity index (χ4v) is 16.1. The van der Waals surface area contributed by atoms with Gasteiger partial charge in [-0.3, -0.25) is 86.1 Å². The molecular weight excluding hydrogens is 1390 g/mol. The Balaban J connectivity index is 1.43. The van der Waals surface area contributed by atoms with Crippen molar-refractivity contribution in [3.8, 4) is 0 Å². The molecule has 24 atom stereocenters. The number of aromatic amines is 6. The fraction of sp³-hybridized carbons (Fsp3) is 0.556. The van der Waals surface area contributed by atoms with Gasteiger partial charge in [0.15, 0.2) is 22.4 Å². The molecule has 0 bridgehead atoms. The maximum atomic E-state index is 15.9. The van der Waals surface area contributed by atoms with E-state index in [1.54, 1.807) is 29.9 Å². The van der Waals surface area contributed by atoms with Crippen molar-refractivity contribution >= 4 is 0 Å². The summed E-state index contributed by atoms with van der Waals surface area (Å²) in [5.41, 5.74) is -74.2. The maximum absolute atomic E-state index is 15.9. The van der Waals surface area contributed by atoms with Gasteiger partial charge in [0, 0.05) is 73.6 Å². The topological polar surface area (TPSA) is 749 Å². The molecule has 0 aliphatic carbocycles. The average Bonchev–Trinajstić information content (AvgIpc) is 1.40. The minimum atomic E-state index is -5.66. The summed E-state index contributed by atoms with van der Waals surface area (Å²) >= 11 is 0. The normalized spacial score (nSPS) is 41.1. The van der Waals surface area contributed by atoms with Crippen molar-refractivity contribution in [3.63, 3.8) is 0 Å². The molecule has 0 radical (unpaired) electrons. The van der Waals surface area contributed by atoms with Crippen LogP contribution in [0, 0.1) is 0 Å². The van der Waals surface area contributed by atoms with Gasteiger partial charge < -0.3 is 120 Å². The molecule has 0 spiro atoms. The van der Waals surface area contributed by atoms with Crippen LogP contribution in [0.2, 0.25) is 0 Å². The van der Waals surface area contributed by atoms with Crippen molar-refractivity contribution < 1.29 is 120 Å². The van der Waals surface area contributed by atoms with E-state index >= 15 is 34.5 Å². The lowest BCUT2D eigenvalue weighted by Crippen LogP contribution is -2.93. The Bertz CT molecular complexity index is 5080. The molecule has 102 heavy (non-hydrogen) atoms. The molecule has 0 amide bonds. The molecular formula is C54H62N12O36. The van der Waals surface area contributed by atoms with Crippen LogP contribution in [0.1, 0.15) is 0 Å². The zero-order chi connectivity index (χ0) is 74.7. The number of rotatable bonds is 17. The summed E-state index contributed by atoms with van der Waals surface area (Å²) in [5.74, 6) is 0. The van der Waals surface area contributed by atoms with E-state index in [2.05, 4.69) is 0 Å². The van der Waals surface area contributed by atoms with Crippen LogP contribution < -0.4 is 67.5 Å². The molecule has 6 aliphatic heterocycles. The summed E-state index contributed by atoms with van der Waals surface area (Å²) in [6, 6.07) is 1.44. The summed E-state index contributed by atoms with van der Waals surface area (Å²) < 4.78 is 35.8. The number of aromatic nitrogens is 12. The van der Waals surface area contributed by atoms with Gasteiger partial charge in [0.05, 0.1) is 39.6 Å². The van der Waals surface area contributed by atoms with E-state index in [1.165, 1.54) is 0 Å². The van der Waals surface area contributed by atoms with E-state index < -0.39 is 263 Å². The van der Waals surface area contributed by atoms with Crippen LogP contribution in [-0.2, 0) is 62.8 Å². The van der Waals surface area contributed by atoms with Crippen LogP contribution in [0.15, 0.2) is 131 Å². The van der Waals surface area contributed by atoms with Gasteiger partial charge in [-0.1, -0.05) is 0 Å². The molecule has 0 saturated carbocycles. The summed E-state index contributed by atoms with van der Waals surface area (Å²) in [5, 5.41) is 236. The molecule has 554 valence electrons. The van der Waals surface area contributed by atoms with Crippen LogP contribution in [0.25, 0.3) is 0 Å². The van der Waals surface area contributed by atoms with Crippen LogP contribution in [0.4, 0.5) is 0 Å². The van der Waals surface area contributed by atoms with Crippen LogP contribution >= 0.6 is 0 Å². The molecule has 48 heteroatoms. The van der Waals surface area contributed by atoms with E-state index in [0.29, 0.717) is 12.1 Å². The molecule has 24 N–H and O–H groups in total. The number of aliphatic hydroxyl groups is 18. The Kier molecular flexibility index (Phi) is 17.4. The predicted molar refractivity (Wildman–Crippen MR) is 315 cm³/mol. The Hall–Kier alpha value is -8.88. The molecule has 6 aromatic rings. The number of aliphatic hydroxyl groups excluding tert-OH is 14. The Morgan fingerprint density at radius 3 is 0.745 bits per heavy atom. The fourth-order valence-electron chi connectivity index (χ4n) is 16.1. The number of ether oxygens (including phenoxy) is 6. The summed E-state index contributed by atoms with van der Waals surface area (Å²) in [4.78, 5) is 182. The lowest BCUT2D eigenvalue weighted by Gasteiger charge is -2.66. The molecule has 0 aromatic carbocycles. The van der Waals surface area contributed by atoms with E-state index in [9.17, 15) is 115 Å². The van der Waals surface area contributed by atoms with Crippen molar-refractivity contribution in [2.24, 2.45) is 0 Å². The molecule has 6 saturated heterocycles. The van der Waals surface area contributed by atoms with Crippen molar-refractivity contribution in [3.05, 3.63) is 199 Å². The second-order valence-electron chi connectivity index (χ2n) is 24.6. The zero-order valence-corrected chi connectivity index (χ0v) is 51.3. The van der Waals surface area contributed by atoms with Crippen molar-refractivity contribution in [2.75, 3.05) is 39.6 Å². The summed E-state index contributed by atoms with van der Waals surface area (Å²) in [6.07, 6.45) is -45.7. The van der Waals surface area contributed by atoms with E-state index in [1.807, 2.05) is 0 Å². The number of H-pyrrole nitrogens is 6. The van der Waals surface area contributed by atoms with Gasteiger partial charge in [0.25, 0.3) is 33.4 Å². The Morgan fingerprint density at radius 1 is 0.275 bits per heavy atom. The summed E-state index contributed by atoms with van der Waals surface area (Å²) in [6.45, 7) is -11.5. The minimum absolute atomic E-state index is 0.00366. The van der Waals surface area contributed by atoms with Crippen molar-refractivity contribution in [2.45, 2.75) is 142 Å². The van der Waals surface area contributed by atoms with Gasteiger partial charge in [-0.15, -0.1) is 0 Å². The van der Waals surface area contributed by atoms with Gasteiger partial charge in [0.1, 0.15) is 85.5 Å². The second-order valence-corrected chi connectivity index (χ2v) is 24.6. The lowest BCUT2D eigenvalue weighted by molar-refractivity contribution is -0.457. The van der Waals surface area contributed by atoms with Gasteiger partial charge in [0.2, 0.25) is 34.3 Å². The quantitative estimate of drug-likeness (QED) is 0.0403. The SMILES string of the molecule is O=c1ccn([C@]2([C@@]3(O)[C@H](O)[C@@H](CO)O[C@]3(n3ccc(=O)[nH]c3=O)[C@@]3(O)[C@H](O)[C@@H](CO)O[C@]3(n3ccc(=O)[nH]c3=O)[C@@]3(n4ccc(=O)[nH]c4=O)O[C@H](CO)[C@@H](O)[C@H]3O)O[C@H](CO)[C@@H](O)[C@]2(O)[C@@]2(n3ccc(=O)[nH]c3=O)O[C@H](CO)[C@@H](O)[C@]2(O)[C@]2(n3ccc(=O)[nH]c3=O)O[C@H](CO)[C@@H](O)[C@H]2O)c(=O)[nH]1. The highest BCUT2D eigenvalue weighted by Gasteiger charge is 3.01. The monoisotopic (exact) mass is 1450 g/mol. The third kappa shape index (κ3) is 8.44. The van der Waals surface area contributed by atoms with E-state index in [4.69, 9.17) is 28.4 Å². The lowest BCUT2D eigenvalue weighted by atomic mass is 9.54. The molecule has 6 aromatic heterocycles. The van der Waals surface area contributed by atoms with Crippen molar-refractivity contribution in [1.29, 1.82) is 0 Å². The first kappa shape index (κ1) is 72.9. The standard InChI is InChI=1S/C54H62N12O36/c67-13-19-31(79)37(85)49(97-19,61-7-1-25(73)55-39(61)87)45(93)33(81)21(15-69)99-51(45,63-9-3-27(75)57-41(63)89)46(94)34(82)22(16-70)100-52(46,64-10-4-28(76)58-42(64)90)47(95)35(83)23(17-71)101-53(47,65-11-5-29(77)59-43(65)91)48(96)36(84)24(18-72)102-54(48,66-12-6-30(78)60-44(66)92)50(38(86)32(80)20(14-68)98-50)62-8-2-26(74)56-40(62)88/h1-12,19-24,31-38,67-72,79-86,93-96H,13-18H2,(H,55,73,87)(H,56,74,88)(H,57,75,89)(H,58,76,90)(H,59,77,91)(H,60,78,92)/t19-,20-,21-,22-,23-,24-,31-,32-,33-,34-,35-,36-,37-,38-,45+,46+,47+,48+,49-,50+,51+,52+,53+,54+/m1/s1. The number of hydrogen-bond acceptors (Lipinski definition) is 36. The van der Waals surface area contributed by atoms with Crippen LogP contribution in [0.3, 0.4) is 0 Å². The zero-order valence-electron chi connectivity index (χ0n) is 51.3. The minimum Gasteiger partial charge on any atom is -0.394 e.